The van der Waals surface area contributed by atoms with E-state index in [0.29, 0.717) is 10.8 Å². The molecule has 1 aromatic heterocycles. The van der Waals surface area contributed by atoms with Gasteiger partial charge in [-0.1, -0.05) is 12.1 Å². The van der Waals surface area contributed by atoms with Crippen molar-refractivity contribution in [2.75, 3.05) is 12.4 Å². The molecule has 0 spiro atoms. The molecule has 1 N–H and O–H groups in total. The zero-order chi connectivity index (χ0) is 19.2. The summed E-state index contributed by atoms with van der Waals surface area (Å²) in [5, 5.41) is 16.5. The first-order valence-corrected chi connectivity index (χ1v) is 8.71. The molecule has 2 aromatic carbocycles. The molecule has 1 heterocycles. The molecule has 0 fully saturated rings. The number of nitro groups is 1. The van der Waals surface area contributed by atoms with Crippen LogP contribution in [-0.2, 0) is 11.3 Å². The number of nitrogens with zero attached hydrogens (tertiary/aromatic N) is 2. The number of para-hydroxylation sites is 1. The van der Waals surface area contributed by atoms with Gasteiger partial charge in [0.1, 0.15) is 17.9 Å². The predicted octanol–water partition coefficient (Wildman–Crippen LogP) is 4.16. The van der Waals surface area contributed by atoms with Gasteiger partial charge >= 0.3 is 5.97 Å². The lowest BCUT2D eigenvalue weighted by Gasteiger charge is -2.04. The number of carbonyl (C=O) groups is 1. The summed E-state index contributed by atoms with van der Waals surface area (Å²) < 4.78 is 10.3. The van der Waals surface area contributed by atoms with Gasteiger partial charge in [0.2, 0.25) is 0 Å². The van der Waals surface area contributed by atoms with Crippen molar-refractivity contribution in [1.29, 1.82) is 0 Å². The SMILES string of the molecule is COc1ccc(Nc2nc(COC(=O)c3ccccc3[N+](=O)[O-])cs2)cc1. The number of hydrogen-bond acceptors (Lipinski definition) is 8. The monoisotopic (exact) mass is 385 g/mol. The largest absolute Gasteiger partial charge is 0.497 e. The number of carbonyl (C=O) groups excluding carboxylic acids is 1. The number of methoxy groups -OCH3 is 1. The molecule has 0 aliphatic carbocycles. The van der Waals surface area contributed by atoms with Crippen molar-refractivity contribution in [2.24, 2.45) is 0 Å². The van der Waals surface area contributed by atoms with E-state index in [1.165, 1.54) is 29.5 Å². The Morgan fingerprint density at radius 3 is 2.67 bits per heavy atom. The van der Waals surface area contributed by atoms with Crippen molar-refractivity contribution >= 4 is 33.8 Å². The Kier molecular flexibility index (Phi) is 5.62. The van der Waals surface area contributed by atoms with Gasteiger partial charge in [-0.3, -0.25) is 10.1 Å². The van der Waals surface area contributed by atoms with Crippen LogP contribution >= 0.6 is 11.3 Å². The summed E-state index contributed by atoms with van der Waals surface area (Å²) in [4.78, 5) is 26.8. The van der Waals surface area contributed by atoms with Crippen LogP contribution in [0.4, 0.5) is 16.5 Å². The van der Waals surface area contributed by atoms with Crippen molar-refractivity contribution in [3.63, 3.8) is 0 Å². The lowest BCUT2D eigenvalue weighted by atomic mass is 10.2. The number of ether oxygens (including phenoxy) is 2. The van der Waals surface area contributed by atoms with Crippen molar-refractivity contribution in [3.8, 4) is 5.75 Å². The van der Waals surface area contributed by atoms with Crippen LogP contribution in [0.2, 0.25) is 0 Å². The third kappa shape index (κ3) is 4.59. The summed E-state index contributed by atoms with van der Waals surface area (Å²) in [6, 6.07) is 13.0. The van der Waals surface area contributed by atoms with Gasteiger partial charge in [-0.25, -0.2) is 9.78 Å². The lowest BCUT2D eigenvalue weighted by molar-refractivity contribution is -0.385. The molecule has 3 rings (SSSR count). The smallest absolute Gasteiger partial charge is 0.345 e. The fourth-order valence-corrected chi connectivity index (χ4v) is 2.97. The summed E-state index contributed by atoms with van der Waals surface area (Å²) >= 11 is 1.36. The third-order valence-electron chi connectivity index (χ3n) is 3.56. The first-order chi connectivity index (χ1) is 13.1. The Bertz CT molecular complexity index is 956. The molecule has 0 aliphatic heterocycles. The molecule has 0 radical (unpaired) electrons. The molecule has 0 unspecified atom stereocenters. The van der Waals surface area contributed by atoms with Crippen molar-refractivity contribution in [3.05, 3.63) is 75.3 Å². The van der Waals surface area contributed by atoms with Gasteiger partial charge in [0, 0.05) is 17.1 Å². The highest BCUT2D eigenvalue weighted by Gasteiger charge is 2.20. The number of rotatable bonds is 7. The zero-order valence-corrected chi connectivity index (χ0v) is 15.1. The standard InChI is InChI=1S/C18H15N3O5S/c1-25-14-8-6-12(7-9-14)19-18-20-13(11-27-18)10-26-17(22)15-4-2-3-5-16(15)21(23)24/h2-9,11H,10H2,1H3,(H,19,20). The van der Waals surface area contributed by atoms with Crippen LogP contribution in [0.25, 0.3) is 0 Å². The first kappa shape index (κ1) is 18.3. The molecule has 138 valence electrons. The number of benzene rings is 2. The minimum absolute atomic E-state index is 0.0777. The third-order valence-corrected chi connectivity index (χ3v) is 4.37. The van der Waals surface area contributed by atoms with Crippen molar-refractivity contribution in [1.82, 2.24) is 4.98 Å². The average molecular weight is 385 g/mol. The van der Waals surface area contributed by atoms with Crippen LogP contribution in [0.3, 0.4) is 0 Å². The lowest BCUT2D eigenvalue weighted by Crippen LogP contribution is -2.08. The second-order valence-corrected chi connectivity index (χ2v) is 6.21. The summed E-state index contributed by atoms with van der Waals surface area (Å²) in [5.41, 5.74) is 1.01. The molecular weight excluding hydrogens is 370 g/mol. The molecule has 8 nitrogen and oxygen atoms in total. The summed E-state index contributed by atoms with van der Waals surface area (Å²) in [6.45, 7) is -0.0777. The molecule has 3 aromatic rings. The number of anilines is 2. The van der Waals surface area contributed by atoms with E-state index in [-0.39, 0.29) is 17.9 Å². The van der Waals surface area contributed by atoms with Crippen molar-refractivity contribution in [2.45, 2.75) is 6.61 Å². The number of hydrogen-bond donors (Lipinski definition) is 1. The fraction of sp³-hybridized carbons (Fsp3) is 0.111. The Hall–Kier alpha value is -3.46. The van der Waals surface area contributed by atoms with Gasteiger partial charge in [0.25, 0.3) is 5.69 Å². The molecule has 0 aliphatic rings. The van der Waals surface area contributed by atoms with E-state index < -0.39 is 10.9 Å². The molecule has 0 bridgehead atoms. The predicted molar refractivity (Wildman–Crippen MR) is 101 cm³/mol. The maximum Gasteiger partial charge on any atom is 0.345 e. The van der Waals surface area contributed by atoms with Gasteiger partial charge in [-0.2, -0.15) is 0 Å². The van der Waals surface area contributed by atoms with Crippen LogP contribution in [-0.4, -0.2) is 23.0 Å². The molecule has 9 heteroatoms. The van der Waals surface area contributed by atoms with Crippen LogP contribution in [0.15, 0.2) is 53.9 Å². The first-order valence-electron chi connectivity index (χ1n) is 7.83. The minimum Gasteiger partial charge on any atom is -0.497 e. The topological polar surface area (TPSA) is 104 Å². The average Bonchev–Trinajstić information content (AvgIpc) is 3.14. The normalized spacial score (nSPS) is 10.3. The Morgan fingerprint density at radius 2 is 1.96 bits per heavy atom. The highest BCUT2D eigenvalue weighted by atomic mass is 32.1. The molecular formula is C18H15N3O5S. The molecule has 0 amide bonds. The highest BCUT2D eigenvalue weighted by molar-refractivity contribution is 7.13. The molecule has 0 saturated heterocycles. The van der Waals surface area contributed by atoms with Gasteiger partial charge < -0.3 is 14.8 Å². The summed E-state index contributed by atoms with van der Waals surface area (Å²) in [7, 11) is 1.60. The fourth-order valence-electron chi connectivity index (χ4n) is 2.25. The van der Waals surface area contributed by atoms with E-state index in [1.807, 2.05) is 24.3 Å². The maximum absolute atomic E-state index is 12.1. The number of nitro benzene ring substituents is 1. The number of aromatic nitrogens is 1. The van der Waals surface area contributed by atoms with Gasteiger partial charge in [0.15, 0.2) is 5.13 Å². The van der Waals surface area contributed by atoms with Crippen LogP contribution < -0.4 is 10.1 Å². The van der Waals surface area contributed by atoms with Crippen LogP contribution in [0.1, 0.15) is 16.1 Å². The van der Waals surface area contributed by atoms with Crippen LogP contribution in [0.5, 0.6) is 5.75 Å². The second kappa shape index (κ2) is 8.28. The van der Waals surface area contributed by atoms with E-state index in [0.717, 1.165) is 11.4 Å². The number of nitrogens with one attached hydrogen (secondary N) is 1. The highest BCUT2D eigenvalue weighted by Crippen LogP contribution is 2.24. The minimum atomic E-state index is -0.764. The summed E-state index contributed by atoms with van der Waals surface area (Å²) in [5.74, 6) is -0.0118. The molecule has 0 saturated carbocycles. The van der Waals surface area contributed by atoms with Gasteiger partial charge in [-0.15, -0.1) is 11.3 Å². The van der Waals surface area contributed by atoms with E-state index in [4.69, 9.17) is 9.47 Å². The molecule has 0 atom stereocenters. The maximum atomic E-state index is 12.1. The Balaban J connectivity index is 1.61. The van der Waals surface area contributed by atoms with E-state index >= 15 is 0 Å². The number of thiazole rings is 1. The quantitative estimate of drug-likeness (QED) is 0.370. The van der Waals surface area contributed by atoms with Gasteiger partial charge in [0.05, 0.1) is 17.7 Å². The van der Waals surface area contributed by atoms with E-state index in [1.54, 1.807) is 18.6 Å². The Morgan fingerprint density at radius 1 is 1.22 bits per heavy atom. The van der Waals surface area contributed by atoms with Crippen LogP contribution in [0, 0.1) is 10.1 Å². The zero-order valence-electron chi connectivity index (χ0n) is 14.2. The van der Waals surface area contributed by atoms with E-state index in [9.17, 15) is 14.9 Å². The Labute approximate surface area is 158 Å². The van der Waals surface area contributed by atoms with E-state index in [2.05, 4.69) is 10.3 Å². The molecule has 27 heavy (non-hydrogen) atoms. The van der Waals surface area contributed by atoms with Crippen molar-refractivity contribution < 1.29 is 19.2 Å². The second-order valence-electron chi connectivity index (χ2n) is 5.35. The number of esters is 1. The van der Waals surface area contributed by atoms with Gasteiger partial charge in [-0.05, 0) is 30.3 Å². The summed E-state index contributed by atoms with van der Waals surface area (Å²) in [6.07, 6.45) is 0.